The highest BCUT2D eigenvalue weighted by Crippen LogP contribution is 2.24. The molecule has 0 radical (unpaired) electrons. The van der Waals surface area contributed by atoms with Crippen LogP contribution in [0.1, 0.15) is 21.7 Å². The van der Waals surface area contributed by atoms with Gasteiger partial charge >= 0.3 is 5.91 Å². The molecule has 6 nitrogen and oxygen atoms in total. The number of fused-ring (bicyclic) bond motifs is 1. The standard InChI is InChI=1S/C19H18N2O4/c1-12-15-8-3-4-9-16(15)25-18(12)19(23)21-20-17(22)11-13-6-5-7-14(10-13)24-2/h3-10H,11H2,1-2H3,(H,20,22)(H,21,23). The highest BCUT2D eigenvalue weighted by molar-refractivity contribution is 5.99. The van der Waals surface area contributed by atoms with Crippen LogP contribution in [0.25, 0.3) is 11.0 Å². The largest absolute Gasteiger partial charge is 0.497 e. The number of para-hydroxylation sites is 1. The number of hydrazine groups is 1. The molecule has 1 heterocycles. The topological polar surface area (TPSA) is 80.6 Å². The maximum atomic E-state index is 12.3. The Kier molecular flexibility index (Phi) is 4.70. The predicted molar refractivity (Wildman–Crippen MR) is 93.3 cm³/mol. The van der Waals surface area contributed by atoms with Gasteiger partial charge in [0.2, 0.25) is 5.91 Å². The van der Waals surface area contributed by atoms with Gasteiger partial charge < -0.3 is 9.15 Å². The Bertz CT molecular complexity index is 930. The van der Waals surface area contributed by atoms with E-state index in [2.05, 4.69) is 10.9 Å². The lowest BCUT2D eigenvalue weighted by Crippen LogP contribution is -2.42. The van der Waals surface area contributed by atoms with Crippen LogP contribution in [-0.2, 0) is 11.2 Å². The van der Waals surface area contributed by atoms with Crippen molar-refractivity contribution in [1.29, 1.82) is 0 Å². The Balaban J connectivity index is 1.63. The lowest BCUT2D eigenvalue weighted by atomic mass is 10.1. The minimum Gasteiger partial charge on any atom is -0.497 e. The fraction of sp³-hybridized carbons (Fsp3) is 0.158. The lowest BCUT2D eigenvalue weighted by Gasteiger charge is -2.07. The Labute approximate surface area is 144 Å². The molecule has 0 saturated carbocycles. The molecular formula is C19H18N2O4. The van der Waals surface area contributed by atoms with Crippen molar-refractivity contribution in [3.8, 4) is 5.75 Å². The van der Waals surface area contributed by atoms with Crippen molar-refractivity contribution < 1.29 is 18.7 Å². The third kappa shape index (κ3) is 3.63. The molecule has 6 heteroatoms. The van der Waals surface area contributed by atoms with Crippen LogP contribution in [0.3, 0.4) is 0 Å². The zero-order chi connectivity index (χ0) is 17.8. The zero-order valence-electron chi connectivity index (χ0n) is 14.0. The van der Waals surface area contributed by atoms with Gasteiger partial charge in [-0.05, 0) is 30.7 Å². The summed E-state index contributed by atoms with van der Waals surface area (Å²) in [7, 11) is 1.56. The Morgan fingerprint density at radius 1 is 1.08 bits per heavy atom. The summed E-state index contributed by atoms with van der Waals surface area (Å²) < 4.78 is 10.7. The van der Waals surface area contributed by atoms with Crippen molar-refractivity contribution in [2.75, 3.05) is 7.11 Å². The Morgan fingerprint density at radius 2 is 1.88 bits per heavy atom. The molecule has 3 aromatic rings. The summed E-state index contributed by atoms with van der Waals surface area (Å²) in [6, 6.07) is 14.6. The van der Waals surface area contributed by atoms with E-state index in [1.165, 1.54) is 0 Å². The third-order valence-corrected chi connectivity index (χ3v) is 3.86. The van der Waals surface area contributed by atoms with E-state index in [0.29, 0.717) is 11.3 Å². The summed E-state index contributed by atoms with van der Waals surface area (Å²) in [5.74, 6) is 0.0261. The van der Waals surface area contributed by atoms with Crippen molar-refractivity contribution >= 4 is 22.8 Å². The van der Waals surface area contributed by atoms with E-state index in [0.717, 1.165) is 16.5 Å². The summed E-state index contributed by atoms with van der Waals surface area (Å²) in [4.78, 5) is 24.3. The number of hydrogen-bond acceptors (Lipinski definition) is 4. The van der Waals surface area contributed by atoms with E-state index in [1.807, 2.05) is 24.3 Å². The SMILES string of the molecule is COc1cccc(CC(=O)NNC(=O)c2oc3ccccc3c2C)c1. The first-order valence-corrected chi connectivity index (χ1v) is 7.78. The summed E-state index contributed by atoms with van der Waals surface area (Å²) in [6.07, 6.45) is 0.122. The van der Waals surface area contributed by atoms with Crippen molar-refractivity contribution in [2.45, 2.75) is 13.3 Å². The minimum atomic E-state index is -0.493. The second kappa shape index (κ2) is 7.09. The van der Waals surface area contributed by atoms with Crippen molar-refractivity contribution in [3.05, 3.63) is 65.4 Å². The van der Waals surface area contributed by atoms with E-state index >= 15 is 0 Å². The number of hydrogen-bond donors (Lipinski definition) is 2. The number of rotatable bonds is 4. The summed E-state index contributed by atoms with van der Waals surface area (Å²) >= 11 is 0. The molecule has 0 fully saturated rings. The number of ether oxygens (including phenoxy) is 1. The van der Waals surface area contributed by atoms with Gasteiger partial charge in [0.05, 0.1) is 13.5 Å². The fourth-order valence-corrected chi connectivity index (χ4v) is 2.59. The average Bonchev–Trinajstić information content (AvgIpc) is 2.97. The number of nitrogens with one attached hydrogen (secondary N) is 2. The first-order valence-electron chi connectivity index (χ1n) is 7.78. The van der Waals surface area contributed by atoms with Gasteiger partial charge in [0.1, 0.15) is 11.3 Å². The Morgan fingerprint density at radius 3 is 2.64 bits per heavy atom. The van der Waals surface area contributed by atoms with Crippen LogP contribution in [-0.4, -0.2) is 18.9 Å². The molecule has 0 aliphatic carbocycles. The van der Waals surface area contributed by atoms with Crippen molar-refractivity contribution in [3.63, 3.8) is 0 Å². The van der Waals surface area contributed by atoms with Gasteiger partial charge in [-0.1, -0.05) is 30.3 Å². The second-order valence-corrected chi connectivity index (χ2v) is 5.58. The number of furan rings is 1. The molecule has 0 unspecified atom stereocenters. The van der Waals surface area contributed by atoms with Crippen LogP contribution in [0.2, 0.25) is 0 Å². The van der Waals surface area contributed by atoms with E-state index in [-0.39, 0.29) is 18.1 Å². The molecule has 0 spiro atoms. The van der Waals surface area contributed by atoms with Gasteiger partial charge in [-0.2, -0.15) is 0 Å². The zero-order valence-corrected chi connectivity index (χ0v) is 14.0. The number of benzene rings is 2. The summed E-state index contributed by atoms with van der Waals surface area (Å²) in [5, 5.41) is 0.871. The number of aryl methyl sites for hydroxylation is 1. The predicted octanol–water partition coefficient (Wildman–Crippen LogP) is 2.75. The van der Waals surface area contributed by atoms with E-state index in [9.17, 15) is 9.59 Å². The van der Waals surface area contributed by atoms with E-state index in [1.54, 1.807) is 38.3 Å². The van der Waals surface area contributed by atoms with E-state index in [4.69, 9.17) is 9.15 Å². The maximum Gasteiger partial charge on any atom is 0.305 e. The molecule has 25 heavy (non-hydrogen) atoms. The van der Waals surface area contributed by atoms with Crippen LogP contribution >= 0.6 is 0 Å². The molecule has 128 valence electrons. The summed E-state index contributed by atoms with van der Waals surface area (Å²) in [6.45, 7) is 1.80. The molecule has 0 bridgehead atoms. The van der Waals surface area contributed by atoms with Gasteiger partial charge in [-0.3, -0.25) is 20.4 Å². The molecule has 2 N–H and O–H groups in total. The number of carbonyl (C=O) groups is 2. The first-order chi connectivity index (χ1) is 12.1. The monoisotopic (exact) mass is 338 g/mol. The average molecular weight is 338 g/mol. The van der Waals surface area contributed by atoms with Crippen LogP contribution in [0, 0.1) is 6.92 Å². The minimum absolute atomic E-state index is 0.122. The quantitative estimate of drug-likeness (QED) is 0.717. The molecule has 1 aromatic heterocycles. The second-order valence-electron chi connectivity index (χ2n) is 5.58. The Hall–Kier alpha value is -3.28. The highest BCUT2D eigenvalue weighted by atomic mass is 16.5. The van der Waals surface area contributed by atoms with Gasteiger partial charge in [0.25, 0.3) is 0 Å². The molecule has 2 amide bonds. The van der Waals surface area contributed by atoms with Crippen LogP contribution < -0.4 is 15.6 Å². The van der Waals surface area contributed by atoms with Gasteiger partial charge in [0.15, 0.2) is 5.76 Å². The number of amides is 2. The molecule has 0 aliphatic heterocycles. The van der Waals surface area contributed by atoms with Crippen LogP contribution in [0.4, 0.5) is 0 Å². The van der Waals surface area contributed by atoms with Gasteiger partial charge in [-0.15, -0.1) is 0 Å². The molecule has 0 aliphatic rings. The fourth-order valence-electron chi connectivity index (χ4n) is 2.59. The highest BCUT2D eigenvalue weighted by Gasteiger charge is 2.17. The maximum absolute atomic E-state index is 12.3. The number of carbonyl (C=O) groups excluding carboxylic acids is 2. The smallest absolute Gasteiger partial charge is 0.305 e. The number of methoxy groups -OCH3 is 1. The van der Waals surface area contributed by atoms with Crippen LogP contribution in [0.5, 0.6) is 5.75 Å². The van der Waals surface area contributed by atoms with Crippen molar-refractivity contribution in [2.24, 2.45) is 0 Å². The first kappa shape index (κ1) is 16.6. The lowest BCUT2D eigenvalue weighted by molar-refractivity contribution is -0.121. The molecule has 0 saturated heterocycles. The molecule has 3 rings (SSSR count). The molecule has 0 atom stereocenters. The van der Waals surface area contributed by atoms with Crippen LogP contribution in [0.15, 0.2) is 52.9 Å². The summed E-state index contributed by atoms with van der Waals surface area (Å²) in [5.41, 5.74) is 6.93. The normalized spacial score (nSPS) is 10.5. The molecule has 2 aromatic carbocycles. The van der Waals surface area contributed by atoms with Crippen molar-refractivity contribution in [1.82, 2.24) is 10.9 Å². The third-order valence-electron chi connectivity index (χ3n) is 3.86. The van der Waals surface area contributed by atoms with Gasteiger partial charge in [-0.25, -0.2) is 0 Å². The molecular weight excluding hydrogens is 320 g/mol. The van der Waals surface area contributed by atoms with E-state index < -0.39 is 5.91 Å². The van der Waals surface area contributed by atoms with Gasteiger partial charge in [0, 0.05) is 10.9 Å².